The summed E-state index contributed by atoms with van der Waals surface area (Å²) in [6.45, 7) is 7.18. The lowest BCUT2D eigenvalue weighted by Gasteiger charge is -2.20. The lowest BCUT2D eigenvalue weighted by atomic mass is 9.88. The molecule has 0 saturated heterocycles. The molecular weight excluding hydrogens is 234 g/mol. The number of hydrogen-bond acceptors (Lipinski definition) is 2. The molecule has 0 atom stereocenters. The van der Waals surface area contributed by atoms with Crippen molar-refractivity contribution in [2.24, 2.45) is 5.73 Å². The van der Waals surface area contributed by atoms with Crippen LogP contribution in [0.1, 0.15) is 38.6 Å². The van der Waals surface area contributed by atoms with Crippen molar-refractivity contribution >= 4 is 0 Å². The summed E-state index contributed by atoms with van der Waals surface area (Å²) in [5, 5.41) is 0. The molecule has 0 spiro atoms. The molecule has 3 heteroatoms. The van der Waals surface area contributed by atoms with Crippen LogP contribution in [0.5, 0.6) is 0 Å². The smallest absolute Gasteiger partial charge is 0.112 e. The van der Waals surface area contributed by atoms with Crippen LogP contribution in [-0.2, 0) is 11.8 Å². The first-order valence-corrected chi connectivity index (χ1v) is 6.91. The summed E-state index contributed by atoms with van der Waals surface area (Å²) in [4.78, 5) is 7.94. The number of hydrogen-bond donors (Lipinski definition) is 2. The first kappa shape index (κ1) is 13.8. The standard InChI is InChI=1S/C16H23N3/c1-4-12-5-7-13(8-6-12)14-11-18-15(19-14)16(2,3)9-10-17/h5-8,11H,4,9-10,17H2,1-3H3,(H,18,19). The molecule has 0 amide bonds. The van der Waals surface area contributed by atoms with E-state index in [1.54, 1.807) is 0 Å². The summed E-state index contributed by atoms with van der Waals surface area (Å²) in [5.41, 5.74) is 9.26. The van der Waals surface area contributed by atoms with Gasteiger partial charge in [-0.25, -0.2) is 4.98 Å². The first-order valence-electron chi connectivity index (χ1n) is 6.91. The third kappa shape index (κ3) is 3.04. The molecular formula is C16H23N3. The predicted octanol–water partition coefficient (Wildman–Crippen LogP) is 3.27. The third-order valence-electron chi connectivity index (χ3n) is 3.66. The summed E-state index contributed by atoms with van der Waals surface area (Å²) in [7, 11) is 0. The van der Waals surface area contributed by atoms with Gasteiger partial charge in [-0.2, -0.15) is 0 Å². The second kappa shape index (κ2) is 5.57. The number of rotatable bonds is 5. The highest BCUT2D eigenvalue weighted by atomic mass is 14.9. The van der Waals surface area contributed by atoms with Crippen molar-refractivity contribution in [3.8, 4) is 11.3 Å². The van der Waals surface area contributed by atoms with Crippen LogP contribution < -0.4 is 5.73 Å². The van der Waals surface area contributed by atoms with Gasteiger partial charge in [0.25, 0.3) is 0 Å². The highest BCUT2D eigenvalue weighted by Crippen LogP contribution is 2.26. The lowest BCUT2D eigenvalue weighted by molar-refractivity contribution is 0.462. The van der Waals surface area contributed by atoms with E-state index in [1.165, 1.54) is 11.1 Å². The molecule has 0 unspecified atom stereocenters. The molecule has 0 bridgehead atoms. The fourth-order valence-corrected chi connectivity index (χ4v) is 2.21. The third-order valence-corrected chi connectivity index (χ3v) is 3.66. The predicted molar refractivity (Wildman–Crippen MR) is 80.1 cm³/mol. The minimum atomic E-state index is -0.00361. The molecule has 1 aromatic carbocycles. The Bertz CT molecular complexity index is 523. The van der Waals surface area contributed by atoms with Crippen LogP contribution >= 0.6 is 0 Å². The highest BCUT2D eigenvalue weighted by Gasteiger charge is 2.23. The number of aromatic amines is 1. The molecule has 0 aliphatic rings. The van der Waals surface area contributed by atoms with Gasteiger partial charge in [-0.3, -0.25) is 0 Å². The number of imidazole rings is 1. The van der Waals surface area contributed by atoms with Crippen molar-refractivity contribution in [1.29, 1.82) is 0 Å². The van der Waals surface area contributed by atoms with E-state index >= 15 is 0 Å². The van der Waals surface area contributed by atoms with E-state index in [0.717, 1.165) is 24.4 Å². The summed E-state index contributed by atoms with van der Waals surface area (Å²) in [6.07, 6.45) is 3.90. The average Bonchev–Trinajstić information content (AvgIpc) is 2.89. The van der Waals surface area contributed by atoms with Gasteiger partial charge in [-0.15, -0.1) is 0 Å². The van der Waals surface area contributed by atoms with Gasteiger partial charge >= 0.3 is 0 Å². The van der Waals surface area contributed by atoms with E-state index in [4.69, 9.17) is 5.73 Å². The van der Waals surface area contributed by atoms with Crippen LogP contribution in [0.15, 0.2) is 30.5 Å². The van der Waals surface area contributed by atoms with Gasteiger partial charge in [-0.1, -0.05) is 45.0 Å². The summed E-state index contributed by atoms with van der Waals surface area (Å²) in [6, 6.07) is 8.62. The molecule has 1 heterocycles. The Morgan fingerprint density at radius 3 is 2.47 bits per heavy atom. The number of nitrogens with one attached hydrogen (secondary N) is 1. The Morgan fingerprint density at radius 1 is 1.21 bits per heavy atom. The maximum atomic E-state index is 5.66. The van der Waals surface area contributed by atoms with Gasteiger partial charge in [0.1, 0.15) is 5.82 Å². The van der Waals surface area contributed by atoms with E-state index in [-0.39, 0.29) is 5.41 Å². The molecule has 2 aromatic rings. The van der Waals surface area contributed by atoms with Gasteiger partial charge in [0.2, 0.25) is 0 Å². The maximum absolute atomic E-state index is 5.66. The monoisotopic (exact) mass is 257 g/mol. The van der Waals surface area contributed by atoms with Gasteiger partial charge < -0.3 is 10.7 Å². The van der Waals surface area contributed by atoms with Crippen LogP contribution in [-0.4, -0.2) is 16.5 Å². The number of nitrogens with two attached hydrogens (primary N) is 1. The molecule has 0 saturated carbocycles. The van der Waals surface area contributed by atoms with E-state index < -0.39 is 0 Å². The normalized spacial score (nSPS) is 11.8. The largest absolute Gasteiger partial charge is 0.342 e. The SMILES string of the molecule is CCc1ccc(-c2cnc(C(C)(C)CCN)[nH]2)cc1. The van der Waals surface area contributed by atoms with Crippen LogP contribution in [0.4, 0.5) is 0 Å². The maximum Gasteiger partial charge on any atom is 0.112 e. The Hall–Kier alpha value is -1.61. The minimum absolute atomic E-state index is 0.00361. The van der Waals surface area contributed by atoms with E-state index in [0.29, 0.717) is 6.54 Å². The summed E-state index contributed by atoms with van der Waals surface area (Å²) < 4.78 is 0. The highest BCUT2D eigenvalue weighted by molar-refractivity contribution is 5.59. The van der Waals surface area contributed by atoms with Gasteiger partial charge in [-0.05, 0) is 30.5 Å². The second-order valence-corrected chi connectivity index (χ2v) is 5.62. The van der Waals surface area contributed by atoms with Gasteiger partial charge in [0.15, 0.2) is 0 Å². The topological polar surface area (TPSA) is 54.7 Å². The van der Waals surface area contributed by atoms with E-state index in [9.17, 15) is 0 Å². The van der Waals surface area contributed by atoms with Crippen molar-refractivity contribution in [2.45, 2.75) is 39.0 Å². The number of benzene rings is 1. The Morgan fingerprint density at radius 2 is 1.89 bits per heavy atom. The number of aryl methyl sites for hydroxylation is 1. The molecule has 19 heavy (non-hydrogen) atoms. The van der Waals surface area contributed by atoms with Crippen molar-refractivity contribution in [3.05, 3.63) is 41.9 Å². The minimum Gasteiger partial charge on any atom is -0.342 e. The van der Waals surface area contributed by atoms with Crippen molar-refractivity contribution in [3.63, 3.8) is 0 Å². The molecule has 1 aromatic heterocycles. The van der Waals surface area contributed by atoms with Crippen LogP contribution in [0.2, 0.25) is 0 Å². The van der Waals surface area contributed by atoms with Crippen molar-refractivity contribution < 1.29 is 0 Å². The molecule has 0 radical (unpaired) electrons. The first-order chi connectivity index (χ1) is 9.06. The Kier molecular flexibility index (Phi) is 4.05. The summed E-state index contributed by atoms with van der Waals surface area (Å²) >= 11 is 0. The zero-order chi connectivity index (χ0) is 13.9. The fraction of sp³-hybridized carbons (Fsp3) is 0.438. The quantitative estimate of drug-likeness (QED) is 0.863. The van der Waals surface area contributed by atoms with Gasteiger partial charge in [0.05, 0.1) is 11.9 Å². The van der Waals surface area contributed by atoms with Crippen molar-refractivity contribution in [2.75, 3.05) is 6.54 Å². The van der Waals surface area contributed by atoms with Crippen molar-refractivity contribution in [1.82, 2.24) is 9.97 Å². The Labute approximate surface area is 115 Å². The fourth-order valence-electron chi connectivity index (χ4n) is 2.21. The molecule has 102 valence electrons. The van der Waals surface area contributed by atoms with Crippen LogP contribution in [0.3, 0.4) is 0 Å². The average molecular weight is 257 g/mol. The van der Waals surface area contributed by atoms with Crippen LogP contribution in [0, 0.1) is 0 Å². The summed E-state index contributed by atoms with van der Waals surface area (Å²) in [5.74, 6) is 1.01. The Balaban J connectivity index is 2.25. The van der Waals surface area contributed by atoms with E-state index in [2.05, 4.69) is 55.0 Å². The molecule has 0 aliphatic carbocycles. The lowest BCUT2D eigenvalue weighted by Crippen LogP contribution is -2.23. The molecule has 2 rings (SSSR count). The zero-order valence-electron chi connectivity index (χ0n) is 12.0. The second-order valence-electron chi connectivity index (χ2n) is 5.62. The molecule has 0 fully saturated rings. The molecule has 3 nitrogen and oxygen atoms in total. The zero-order valence-corrected chi connectivity index (χ0v) is 12.0. The van der Waals surface area contributed by atoms with E-state index in [1.807, 2.05) is 6.20 Å². The number of nitrogens with zero attached hydrogens (tertiary/aromatic N) is 1. The number of H-pyrrole nitrogens is 1. The van der Waals surface area contributed by atoms with Gasteiger partial charge in [0, 0.05) is 5.41 Å². The van der Waals surface area contributed by atoms with Crippen LogP contribution in [0.25, 0.3) is 11.3 Å². The number of aromatic nitrogens is 2. The molecule has 0 aliphatic heterocycles. The molecule has 3 N–H and O–H groups in total.